The lowest BCUT2D eigenvalue weighted by atomic mass is 9.74. The average Bonchev–Trinajstić information content (AvgIpc) is 2.68. The molecule has 2 aliphatic heterocycles. The molecule has 1 fully saturated rings. The summed E-state index contributed by atoms with van der Waals surface area (Å²) in [5.74, 6) is 0.236. The van der Waals surface area contributed by atoms with Crippen molar-refractivity contribution in [1.82, 2.24) is 10.6 Å². The SMILES string of the molecule is CC1=C(c2cccc(OF)c2)NC(=O)C2(CCNCC2)CC1. The van der Waals surface area contributed by atoms with E-state index in [9.17, 15) is 9.32 Å². The van der Waals surface area contributed by atoms with E-state index in [1.165, 1.54) is 0 Å². The fraction of sp³-hybridized carbons (Fsp3) is 0.471. The fourth-order valence-electron chi connectivity index (χ4n) is 3.42. The van der Waals surface area contributed by atoms with Crippen molar-refractivity contribution in [3.63, 3.8) is 0 Å². The third-order valence-electron chi connectivity index (χ3n) is 4.90. The summed E-state index contributed by atoms with van der Waals surface area (Å²) >= 11 is 0. The molecule has 2 aliphatic rings. The highest BCUT2D eigenvalue weighted by Gasteiger charge is 2.41. The lowest BCUT2D eigenvalue weighted by Crippen LogP contribution is -2.46. The Morgan fingerprint density at radius 3 is 2.73 bits per heavy atom. The van der Waals surface area contributed by atoms with E-state index in [0.29, 0.717) is 0 Å². The van der Waals surface area contributed by atoms with Crippen molar-refractivity contribution in [3.05, 3.63) is 35.4 Å². The van der Waals surface area contributed by atoms with Gasteiger partial charge in [0.1, 0.15) is 0 Å². The molecular formula is C17H21FN2O2. The first-order valence-corrected chi connectivity index (χ1v) is 7.76. The van der Waals surface area contributed by atoms with Gasteiger partial charge in [0.15, 0.2) is 5.75 Å². The minimum Gasteiger partial charge on any atom is -0.325 e. The van der Waals surface area contributed by atoms with Gasteiger partial charge in [-0.25, -0.2) is 0 Å². The van der Waals surface area contributed by atoms with Crippen LogP contribution < -0.4 is 15.6 Å². The van der Waals surface area contributed by atoms with Crippen LogP contribution >= 0.6 is 0 Å². The van der Waals surface area contributed by atoms with Gasteiger partial charge in [-0.2, -0.15) is 0 Å². The number of carbonyl (C=O) groups is 1. The molecule has 0 aliphatic carbocycles. The third-order valence-corrected chi connectivity index (χ3v) is 4.90. The lowest BCUT2D eigenvalue weighted by molar-refractivity contribution is -0.131. The van der Waals surface area contributed by atoms with Crippen molar-refractivity contribution in [2.24, 2.45) is 5.41 Å². The van der Waals surface area contributed by atoms with E-state index in [4.69, 9.17) is 0 Å². The normalized spacial score (nSPS) is 21.5. The molecule has 22 heavy (non-hydrogen) atoms. The average molecular weight is 304 g/mol. The van der Waals surface area contributed by atoms with E-state index in [2.05, 4.69) is 15.6 Å². The van der Waals surface area contributed by atoms with Crippen LogP contribution in [0.2, 0.25) is 0 Å². The Hall–Kier alpha value is -1.88. The van der Waals surface area contributed by atoms with Crippen LogP contribution in [0.25, 0.3) is 5.70 Å². The summed E-state index contributed by atoms with van der Waals surface area (Å²) in [4.78, 5) is 16.6. The Bertz CT molecular complexity index is 606. The van der Waals surface area contributed by atoms with Gasteiger partial charge in [0, 0.05) is 15.8 Å². The minimum absolute atomic E-state index is 0.0902. The first kappa shape index (κ1) is 15.0. The molecular weight excluding hydrogens is 283 g/mol. The summed E-state index contributed by atoms with van der Waals surface area (Å²) in [7, 11) is 0. The molecule has 0 radical (unpaired) electrons. The summed E-state index contributed by atoms with van der Waals surface area (Å²) < 4.78 is 12.4. The standard InChI is InChI=1S/C17H21FN2O2/c1-12-5-6-17(7-9-19-10-8-17)16(21)20-15(12)13-3-2-4-14(11-13)22-18/h2-4,11,19H,5-10H2,1H3,(H,20,21). The van der Waals surface area contributed by atoms with E-state index in [-0.39, 0.29) is 17.1 Å². The van der Waals surface area contributed by atoms with E-state index < -0.39 is 0 Å². The van der Waals surface area contributed by atoms with E-state index in [0.717, 1.165) is 55.6 Å². The third kappa shape index (κ3) is 2.73. The van der Waals surface area contributed by atoms with Gasteiger partial charge in [-0.3, -0.25) is 9.74 Å². The number of carbonyl (C=O) groups excluding carboxylic acids is 1. The maximum atomic E-state index is 12.8. The molecule has 2 heterocycles. The molecule has 1 aromatic carbocycles. The van der Waals surface area contributed by atoms with E-state index in [1.54, 1.807) is 18.2 Å². The Morgan fingerprint density at radius 1 is 1.23 bits per heavy atom. The van der Waals surface area contributed by atoms with Crippen LogP contribution in [-0.2, 0) is 4.79 Å². The smallest absolute Gasteiger partial charge is 0.230 e. The number of nitrogens with one attached hydrogen (secondary N) is 2. The van der Waals surface area contributed by atoms with Crippen molar-refractivity contribution in [2.45, 2.75) is 32.6 Å². The van der Waals surface area contributed by atoms with E-state index >= 15 is 0 Å². The zero-order valence-corrected chi connectivity index (χ0v) is 12.7. The summed E-state index contributed by atoms with van der Waals surface area (Å²) in [6.45, 7) is 3.79. The van der Waals surface area contributed by atoms with Crippen molar-refractivity contribution in [2.75, 3.05) is 13.1 Å². The second-order valence-corrected chi connectivity index (χ2v) is 6.24. The highest BCUT2D eigenvalue weighted by atomic mass is 19.3. The first-order valence-electron chi connectivity index (χ1n) is 7.76. The monoisotopic (exact) mass is 304 g/mol. The number of benzene rings is 1. The fourth-order valence-corrected chi connectivity index (χ4v) is 3.42. The van der Waals surface area contributed by atoms with Gasteiger partial charge >= 0.3 is 0 Å². The molecule has 0 aromatic heterocycles. The number of hydrogen-bond donors (Lipinski definition) is 2. The van der Waals surface area contributed by atoms with Crippen molar-refractivity contribution in [1.29, 1.82) is 0 Å². The van der Waals surface area contributed by atoms with Gasteiger partial charge in [-0.15, -0.1) is 0 Å². The van der Waals surface area contributed by atoms with Crippen molar-refractivity contribution < 1.29 is 14.3 Å². The maximum absolute atomic E-state index is 12.8. The molecule has 3 rings (SSSR count). The highest BCUT2D eigenvalue weighted by Crippen LogP contribution is 2.39. The molecule has 5 heteroatoms. The number of rotatable bonds is 2. The molecule has 118 valence electrons. The number of hydrogen-bond acceptors (Lipinski definition) is 3. The number of piperidine rings is 1. The van der Waals surface area contributed by atoms with Gasteiger partial charge in [0.05, 0.1) is 5.41 Å². The Balaban J connectivity index is 1.90. The van der Waals surface area contributed by atoms with Crippen LogP contribution in [0.15, 0.2) is 29.8 Å². The van der Waals surface area contributed by atoms with Gasteiger partial charge in [0.25, 0.3) is 0 Å². The summed E-state index contributed by atoms with van der Waals surface area (Å²) in [6, 6.07) is 6.75. The number of halogens is 1. The van der Waals surface area contributed by atoms with Crippen LogP contribution in [0.1, 0.15) is 38.2 Å². The minimum atomic E-state index is -0.275. The molecule has 0 bridgehead atoms. The van der Waals surface area contributed by atoms with Crippen LogP contribution in [0.5, 0.6) is 5.75 Å². The quantitative estimate of drug-likeness (QED) is 0.883. The zero-order valence-electron chi connectivity index (χ0n) is 12.7. The first-order chi connectivity index (χ1) is 10.6. The summed E-state index contributed by atoms with van der Waals surface area (Å²) in [5, 5.41) is 6.41. The Morgan fingerprint density at radius 2 is 2.00 bits per heavy atom. The van der Waals surface area contributed by atoms with Crippen LogP contribution in [0.3, 0.4) is 0 Å². The van der Waals surface area contributed by atoms with Crippen LogP contribution in [0, 0.1) is 5.41 Å². The van der Waals surface area contributed by atoms with Crippen LogP contribution in [-0.4, -0.2) is 19.0 Å². The second kappa shape index (κ2) is 6.08. The molecule has 0 unspecified atom stereocenters. The molecule has 1 saturated heterocycles. The molecule has 0 saturated carbocycles. The van der Waals surface area contributed by atoms with Gasteiger partial charge in [-0.1, -0.05) is 12.1 Å². The van der Waals surface area contributed by atoms with Gasteiger partial charge < -0.3 is 10.6 Å². The van der Waals surface area contributed by atoms with Crippen molar-refractivity contribution >= 4 is 11.6 Å². The predicted octanol–water partition coefficient (Wildman–Crippen LogP) is 2.96. The molecule has 2 N–H and O–H groups in total. The van der Waals surface area contributed by atoms with Gasteiger partial charge in [-0.05, 0) is 63.4 Å². The highest BCUT2D eigenvalue weighted by molar-refractivity contribution is 5.92. The largest absolute Gasteiger partial charge is 0.325 e. The lowest BCUT2D eigenvalue weighted by Gasteiger charge is -2.35. The number of allylic oxidation sites excluding steroid dienone is 1. The number of amides is 1. The van der Waals surface area contributed by atoms with E-state index in [1.807, 2.05) is 13.0 Å². The van der Waals surface area contributed by atoms with Gasteiger partial charge in [0.2, 0.25) is 5.91 Å². The second-order valence-electron chi connectivity index (χ2n) is 6.24. The molecule has 1 amide bonds. The molecule has 1 aromatic rings. The maximum Gasteiger partial charge on any atom is 0.230 e. The van der Waals surface area contributed by atoms with Crippen LogP contribution in [0.4, 0.5) is 4.53 Å². The molecule has 1 spiro atoms. The Labute approximate surface area is 129 Å². The Kier molecular flexibility index (Phi) is 4.16. The molecule has 0 atom stereocenters. The summed E-state index contributed by atoms with van der Waals surface area (Å²) in [5.41, 5.74) is 2.42. The van der Waals surface area contributed by atoms with Crippen molar-refractivity contribution in [3.8, 4) is 5.75 Å². The molecule has 4 nitrogen and oxygen atoms in total. The predicted molar refractivity (Wildman–Crippen MR) is 82.7 cm³/mol. The topological polar surface area (TPSA) is 50.4 Å². The zero-order chi connectivity index (χ0) is 15.6. The summed E-state index contributed by atoms with van der Waals surface area (Å²) in [6.07, 6.45) is 3.48.